The average molecular weight is 456 g/mol. The fourth-order valence-electron chi connectivity index (χ4n) is 3.49. The molecular formula is C23H20BrClN2O. The molecule has 0 bridgehead atoms. The van der Waals surface area contributed by atoms with Gasteiger partial charge in [-0.3, -0.25) is 9.69 Å². The molecule has 1 N–H and O–H groups in total. The van der Waals surface area contributed by atoms with E-state index >= 15 is 0 Å². The van der Waals surface area contributed by atoms with Crippen molar-refractivity contribution in [3.8, 4) is 0 Å². The number of halogens is 2. The summed E-state index contributed by atoms with van der Waals surface area (Å²) >= 11 is 9.43. The minimum Gasteiger partial charge on any atom is -0.322 e. The van der Waals surface area contributed by atoms with E-state index in [4.69, 9.17) is 11.6 Å². The Balaban J connectivity index is 1.38. The third-order valence-electron chi connectivity index (χ3n) is 5.01. The number of carbonyl (C=O) groups excluding carboxylic acids is 1. The topological polar surface area (TPSA) is 32.3 Å². The maximum Gasteiger partial charge on any atom is 0.255 e. The Morgan fingerprint density at radius 3 is 2.54 bits per heavy atom. The van der Waals surface area contributed by atoms with Gasteiger partial charge in [-0.2, -0.15) is 0 Å². The van der Waals surface area contributed by atoms with Gasteiger partial charge in [0.05, 0.1) is 5.02 Å². The molecule has 0 radical (unpaired) electrons. The molecule has 0 atom stereocenters. The lowest BCUT2D eigenvalue weighted by Gasteiger charge is -2.28. The molecule has 0 aliphatic carbocycles. The molecule has 0 saturated heterocycles. The molecular weight excluding hydrogens is 436 g/mol. The molecule has 28 heavy (non-hydrogen) atoms. The van der Waals surface area contributed by atoms with Crippen molar-refractivity contribution in [3.05, 3.63) is 98.5 Å². The lowest BCUT2D eigenvalue weighted by molar-refractivity contribution is 0.102. The van der Waals surface area contributed by atoms with Crippen LogP contribution in [0.1, 0.15) is 27.0 Å². The summed E-state index contributed by atoms with van der Waals surface area (Å²) in [5.74, 6) is -0.142. The van der Waals surface area contributed by atoms with Crippen LogP contribution >= 0.6 is 27.5 Å². The van der Waals surface area contributed by atoms with Crippen molar-refractivity contribution >= 4 is 39.1 Å². The molecule has 1 amide bonds. The van der Waals surface area contributed by atoms with Crippen LogP contribution in [0.3, 0.4) is 0 Å². The van der Waals surface area contributed by atoms with Crippen LogP contribution in [0.5, 0.6) is 0 Å². The number of nitrogens with one attached hydrogen (secondary N) is 1. The Hall–Kier alpha value is -2.14. The minimum absolute atomic E-state index is 0.142. The first-order valence-electron chi connectivity index (χ1n) is 9.23. The highest BCUT2D eigenvalue weighted by Gasteiger charge is 2.16. The van der Waals surface area contributed by atoms with Crippen molar-refractivity contribution in [3.63, 3.8) is 0 Å². The SMILES string of the molecule is O=C(Nc1ccc(Br)c(Cl)c1)c1ccc(CN2CCc3ccccc3C2)cc1. The maximum absolute atomic E-state index is 12.5. The predicted octanol–water partition coefficient (Wildman–Crippen LogP) is 5.91. The monoisotopic (exact) mass is 454 g/mol. The predicted molar refractivity (Wildman–Crippen MR) is 118 cm³/mol. The first kappa shape index (κ1) is 19.2. The van der Waals surface area contributed by atoms with Gasteiger partial charge >= 0.3 is 0 Å². The van der Waals surface area contributed by atoms with Gasteiger partial charge in [-0.25, -0.2) is 0 Å². The van der Waals surface area contributed by atoms with Crippen LogP contribution in [0, 0.1) is 0 Å². The number of fused-ring (bicyclic) bond motifs is 1. The van der Waals surface area contributed by atoms with Crippen molar-refractivity contribution in [2.75, 3.05) is 11.9 Å². The van der Waals surface area contributed by atoms with E-state index in [0.29, 0.717) is 16.3 Å². The van der Waals surface area contributed by atoms with E-state index in [9.17, 15) is 4.79 Å². The van der Waals surface area contributed by atoms with Crippen molar-refractivity contribution in [2.45, 2.75) is 19.5 Å². The normalized spacial score (nSPS) is 13.8. The first-order chi connectivity index (χ1) is 13.6. The van der Waals surface area contributed by atoms with E-state index < -0.39 is 0 Å². The van der Waals surface area contributed by atoms with Crippen LogP contribution in [0.2, 0.25) is 5.02 Å². The number of rotatable bonds is 4. The molecule has 0 fully saturated rings. The molecule has 4 rings (SSSR count). The fourth-order valence-corrected chi connectivity index (χ4v) is 3.91. The van der Waals surface area contributed by atoms with Gasteiger partial charge in [0.15, 0.2) is 0 Å². The second kappa shape index (κ2) is 8.48. The summed E-state index contributed by atoms with van der Waals surface area (Å²) in [5, 5.41) is 3.45. The van der Waals surface area contributed by atoms with Gasteiger partial charge in [-0.1, -0.05) is 48.0 Å². The van der Waals surface area contributed by atoms with Crippen LogP contribution < -0.4 is 5.32 Å². The summed E-state index contributed by atoms with van der Waals surface area (Å²) in [6.07, 6.45) is 1.09. The molecule has 142 valence electrons. The van der Waals surface area contributed by atoms with Crippen molar-refractivity contribution in [1.82, 2.24) is 4.90 Å². The van der Waals surface area contributed by atoms with Gasteiger partial charge in [0.25, 0.3) is 5.91 Å². The first-order valence-corrected chi connectivity index (χ1v) is 10.4. The smallest absolute Gasteiger partial charge is 0.255 e. The Morgan fingerprint density at radius 1 is 1.04 bits per heavy atom. The highest BCUT2D eigenvalue weighted by molar-refractivity contribution is 9.10. The van der Waals surface area contributed by atoms with Crippen LogP contribution in [0.15, 0.2) is 71.2 Å². The van der Waals surface area contributed by atoms with Gasteiger partial charge in [-0.15, -0.1) is 0 Å². The van der Waals surface area contributed by atoms with Crippen LogP contribution in [0.25, 0.3) is 0 Å². The third-order valence-corrected chi connectivity index (χ3v) is 6.24. The summed E-state index contributed by atoms with van der Waals surface area (Å²) in [7, 11) is 0. The number of hydrogen-bond donors (Lipinski definition) is 1. The number of benzene rings is 3. The van der Waals surface area contributed by atoms with Gasteiger partial charge in [0.2, 0.25) is 0 Å². The second-order valence-corrected chi connectivity index (χ2v) is 8.27. The van der Waals surface area contributed by atoms with Gasteiger partial charge in [-0.05, 0) is 69.4 Å². The zero-order valence-electron chi connectivity index (χ0n) is 15.3. The summed E-state index contributed by atoms with van der Waals surface area (Å²) < 4.78 is 0.803. The Kier molecular flexibility index (Phi) is 5.81. The minimum atomic E-state index is -0.142. The van der Waals surface area contributed by atoms with E-state index in [2.05, 4.69) is 50.4 Å². The molecule has 3 nitrogen and oxygen atoms in total. The van der Waals surface area contributed by atoms with Crippen LogP contribution in [-0.4, -0.2) is 17.4 Å². The Morgan fingerprint density at radius 2 is 1.79 bits per heavy atom. The molecule has 1 heterocycles. The van der Waals surface area contributed by atoms with Gasteiger partial charge < -0.3 is 5.32 Å². The quantitative estimate of drug-likeness (QED) is 0.530. The molecule has 3 aromatic rings. The lowest BCUT2D eigenvalue weighted by atomic mass is 9.99. The molecule has 5 heteroatoms. The van der Waals surface area contributed by atoms with Crippen molar-refractivity contribution in [2.24, 2.45) is 0 Å². The van der Waals surface area contributed by atoms with E-state index in [1.807, 2.05) is 36.4 Å². The maximum atomic E-state index is 12.5. The number of amides is 1. The molecule has 0 spiro atoms. The van der Waals surface area contributed by atoms with E-state index in [1.165, 1.54) is 16.7 Å². The molecule has 1 aliphatic rings. The Bertz CT molecular complexity index is 1000. The van der Waals surface area contributed by atoms with E-state index in [1.54, 1.807) is 6.07 Å². The number of anilines is 1. The summed E-state index contributed by atoms with van der Waals surface area (Å²) in [6, 6.07) is 21.8. The van der Waals surface area contributed by atoms with Crippen LogP contribution in [0.4, 0.5) is 5.69 Å². The molecule has 0 saturated carbocycles. The standard InChI is InChI=1S/C23H20BrClN2O/c24-21-10-9-20(13-22(21)25)26-23(28)18-7-5-16(6-8-18)14-27-12-11-17-3-1-2-4-19(17)15-27/h1-10,13H,11-12,14-15H2,(H,26,28). The molecule has 0 aromatic heterocycles. The zero-order valence-corrected chi connectivity index (χ0v) is 17.6. The summed E-state index contributed by atoms with van der Waals surface area (Å²) in [6.45, 7) is 2.92. The second-order valence-electron chi connectivity index (χ2n) is 7.01. The number of nitrogens with zero attached hydrogens (tertiary/aromatic N) is 1. The highest BCUT2D eigenvalue weighted by atomic mass is 79.9. The van der Waals surface area contributed by atoms with Crippen molar-refractivity contribution < 1.29 is 4.79 Å². The lowest BCUT2D eigenvalue weighted by Crippen LogP contribution is -2.29. The van der Waals surface area contributed by atoms with E-state index in [0.717, 1.165) is 30.5 Å². The van der Waals surface area contributed by atoms with Crippen LogP contribution in [-0.2, 0) is 19.5 Å². The summed E-state index contributed by atoms with van der Waals surface area (Å²) in [5.41, 5.74) is 5.39. The number of carbonyl (C=O) groups is 1. The van der Waals surface area contributed by atoms with Gasteiger partial charge in [0, 0.05) is 35.4 Å². The zero-order chi connectivity index (χ0) is 19.5. The van der Waals surface area contributed by atoms with Gasteiger partial charge in [0.1, 0.15) is 0 Å². The Labute approximate surface area is 178 Å². The van der Waals surface area contributed by atoms with Crippen molar-refractivity contribution in [1.29, 1.82) is 0 Å². The average Bonchev–Trinajstić information content (AvgIpc) is 2.71. The molecule has 1 aliphatic heterocycles. The molecule has 3 aromatic carbocycles. The summed E-state index contributed by atoms with van der Waals surface area (Å²) in [4.78, 5) is 14.9. The third kappa shape index (κ3) is 4.46. The van der Waals surface area contributed by atoms with E-state index in [-0.39, 0.29) is 5.91 Å². The number of hydrogen-bond acceptors (Lipinski definition) is 2. The highest BCUT2D eigenvalue weighted by Crippen LogP contribution is 2.26. The largest absolute Gasteiger partial charge is 0.322 e. The fraction of sp³-hybridized carbons (Fsp3) is 0.174. The molecule has 0 unspecified atom stereocenters.